The van der Waals surface area contributed by atoms with E-state index in [-0.39, 0.29) is 12.7 Å². The minimum atomic E-state index is -0.441. The zero-order valence-corrected chi connectivity index (χ0v) is 10.5. The second-order valence-electron chi connectivity index (χ2n) is 3.49. The Balaban J connectivity index is 3.35. The molecule has 0 radical (unpaired) electrons. The molecule has 0 bridgehead atoms. The smallest absolute Gasteiger partial charge is 0.330 e. The van der Waals surface area contributed by atoms with Gasteiger partial charge >= 0.3 is 5.97 Å². The fraction of sp³-hybridized carbons (Fsp3) is 0.583. The number of ether oxygens (including phenoxy) is 3. The lowest BCUT2D eigenvalue weighted by atomic mass is 10.5. The standard InChI is InChI=1S/C12H21NO4/c1-5-12(14)17-7-6-13-11(4)16-9-8-15-10(2)3/h5,10,13H,1,4,6-9H2,2-3H3. The summed E-state index contributed by atoms with van der Waals surface area (Å²) >= 11 is 0. The Labute approximate surface area is 102 Å². The molecule has 17 heavy (non-hydrogen) atoms. The first-order valence-corrected chi connectivity index (χ1v) is 5.52. The lowest BCUT2D eigenvalue weighted by Gasteiger charge is -2.12. The van der Waals surface area contributed by atoms with E-state index in [0.717, 1.165) is 6.08 Å². The van der Waals surface area contributed by atoms with Crippen molar-refractivity contribution in [1.29, 1.82) is 0 Å². The van der Waals surface area contributed by atoms with E-state index in [4.69, 9.17) is 14.2 Å². The van der Waals surface area contributed by atoms with E-state index < -0.39 is 5.97 Å². The van der Waals surface area contributed by atoms with Crippen molar-refractivity contribution in [2.75, 3.05) is 26.4 Å². The molecule has 0 fully saturated rings. The van der Waals surface area contributed by atoms with Crippen LogP contribution in [0.5, 0.6) is 0 Å². The molecule has 98 valence electrons. The van der Waals surface area contributed by atoms with Crippen LogP contribution in [0.25, 0.3) is 0 Å². The molecule has 5 nitrogen and oxygen atoms in total. The summed E-state index contributed by atoms with van der Waals surface area (Å²) in [5.74, 6) is -0.00401. The maximum absolute atomic E-state index is 10.7. The largest absolute Gasteiger partial charge is 0.477 e. The number of hydrogen-bond acceptors (Lipinski definition) is 5. The average molecular weight is 243 g/mol. The van der Waals surface area contributed by atoms with Crippen LogP contribution in [0.4, 0.5) is 0 Å². The Morgan fingerprint density at radius 2 is 2.00 bits per heavy atom. The fourth-order valence-electron chi connectivity index (χ4n) is 0.901. The first-order chi connectivity index (χ1) is 8.06. The van der Waals surface area contributed by atoms with Crippen LogP contribution in [0, 0.1) is 0 Å². The number of carbonyl (C=O) groups is 1. The Kier molecular flexibility index (Phi) is 8.86. The van der Waals surface area contributed by atoms with Crippen molar-refractivity contribution in [3.63, 3.8) is 0 Å². The maximum atomic E-state index is 10.7. The first-order valence-electron chi connectivity index (χ1n) is 5.52. The average Bonchev–Trinajstić information content (AvgIpc) is 2.29. The van der Waals surface area contributed by atoms with Crippen molar-refractivity contribution in [3.05, 3.63) is 25.1 Å². The Hall–Kier alpha value is -1.49. The molecule has 0 aromatic rings. The number of hydrogen-bond donors (Lipinski definition) is 1. The van der Waals surface area contributed by atoms with Crippen LogP contribution in [-0.4, -0.2) is 38.4 Å². The monoisotopic (exact) mass is 243 g/mol. The van der Waals surface area contributed by atoms with E-state index in [9.17, 15) is 4.79 Å². The highest BCUT2D eigenvalue weighted by atomic mass is 16.5. The van der Waals surface area contributed by atoms with Gasteiger partial charge in [-0.1, -0.05) is 6.58 Å². The van der Waals surface area contributed by atoms with Crippen LogP contribution < -0.4 is 5.32 Å². The van der Waals surface area contributed by atoms with Gasteiger partial charge in [0.15, 0.2) is 5.88 Å². The lowest BCUT2D eigenvalue weighted by Crippen LogP contribution is -2.22. The molecule has 0 aromatic carbocycles. The molecular weight excluding hydrogens is 222 g/mol. The van der Waals surface area contributed by atoms with Gasteiger partial charge in [-0.05, 0) is 20.4 Å². The van der Waals surface area contributed by atoms with Gasteiger partial charge in [-0.3, -0.25) is 0 Å². The Bertz CT molecular complexity index is 251. The second kappa shape index (κ2) is 9.72. The minimum absolute atomic E-state index is 0.193. The predicted octanol–water partition coefficient (Wildman–Crippen LogP) is 1.22. The SMILES string of the molecule is C=CC(=O)OCCNC(=C)OCCOC(C)C. The topological polar surface area (TPSA) is 56.8 Å². The summed E-state index contributed by atoms with van der Waals surface area (Å²) in [5.41, 5.74) is 0. The second-order valence-corrected chi connectivity index (χ2v) is 3.49. The van der Waals surface area contributed by atoms with Gasteiger partial charge in [0, 0.05) is 6.08 Å². The Morgan fingerprint density at radius 1 is 1.29 bits per heavy atom. The normalized spacial score (nSPS) is 9.82. The van der Waals surface area contributed by atoms with Crippen LogP contribution in [0.1, 0.15) is 13.8 Å². The number of rotatable bonds is 10. The van der Waals surface area contributed by atoms with E-state index in [1.807, 2.05) is 13.8 Å². The highest BCUT2D eigenvalue weighted by molar-refractivity contribution is 5.81. The molecule has 0 aliphatic rings. The molecular formula is C12H21NO4. The summed E-state index contributed by atoms with van der Waals surface area (Å²) in [6.45, 7) is 12.5. The van der Waals surface area contributed by atoms with E-state index >= 15 is 0 Å². The molecule has 1 N–H and O–H groups in total. The molecule has 0 unspecified atom stereocenters. The van der Waals surface area contributed by atoms with Crippen LogP contribution in [0.3, 0.4) is 0 Å². The molecule has 0 heterocycles. The lowest BCUT2D eigenvalue weighted by molar-refractivity contribution is -0.137. The summed E-state index contributed by atoms with van der Waals surface area (Å²) in [7, 11) is 0. The summed E-state index contributed by atoms with van der Waals surface area (Å²) in [6, 6.07) is 0. The van der Waals surface area contributed by atoms with Crippen LogP contribution >= 0.6 is 0 Å². The van der Waals surface area contributed by atoms with Gasteiger partial charge in [-0.25, -0.2) is 4.79 Å². The number of nitrogens with one attached hydrogen (secondary N) is 1. The molecule has 0 saturated heterocycles. The van der Waals surface area contributed by atoms with Gasteiger partial charge in [-0.2, -0.15) is 0 Å². The van der Waals surface area contributed by atoms with Crippen LogP contribution in [-0.2, 0) is 19.0 Å². The van der Waals surface area contributed by atoms with Crippen LogP contribution in [0.2, 0.25) is 0 Å². The maximum Gasteiger partial charge on any atom is 0.330 e. The molecule has 0 aromatic heterocycles. The summed E-state index contributed by atoms with van der Waals surface area (Å²) in [6.07, 6.45) is 1.31. The quantitative estimate of drug-likeness (QED) is 0.270. The van der Waals surface area contributed by atoms with Crippen molar-refractivity contribution < 1.29 is 19.0 Å². The molecule has 0 saturated carbocycles. The molecule has 0 aliphatic heterocycles. The zero-order chi connectivity index (χ0) is 13.1. The summed E-state index contributed by atoms with van der Waals surface area (Å²) in [4.78, 5) is 10.7. The van der Waals surface area contributed by atoms with Gasteiger partial charge in [0.25, 0.3) is 0 Å². The molecule has 0 rings (SSSR count). The van der Waals surface area contributed by atoms with Gasteiger partial charge in [0.05, 0.1) is 19.3 Å². The van der Waals surface area contributed by atoms with Crippen molar-refractivity contribution >= 4 is 5.97 Å². The van der Waals surface area contributed by atoms with Gasteiger partial charge in [0.2, 0.25) is 0 Å². The highest BCUT2D eigenvalue weighted by Crippen LogP contribution is 1.91. The van der Waals surface area contributed by atoms with E-state index in [1.165, 1.54) is 0 Å². The van der Waals surface area contributed by atoms with E-state index in [1.54, 1.807) is 0 Å². The summed E-state index contributed by atoms with van der Waals surface area (Å²) in [5, 5.41) is 2.87. The third kappa shape index (κ3) is 10.8. The predicted molar refractivity (Wildman–Crippen MR) is 65.3 cm³/mol. The molecule has 0 spiro atoms. The summed E-state index contributed by atoms with van der Waals surface area (Å²) < 4.78 is 15.3. The Morgan fingerprint density at radius 3 is 2.59 bits per heavy atom. The molecule has 0 aliphatic carbocycles. The van der Waals surface area contributed by atoms with Gasteiger partial charge < -0.3 is 19.5 Å². The first kappa shape index (κ1) is 15.5. The van der Waals surface area contributed by atoms with Gasteiger partial charge in [-0.15, -0.1) is 0 Å². The highest BCUT2D eigenvalue weighted by Gasteiger charge is 1.98. The fourth-order valence-corrected chi connectivity index (χ4v) is 0.901. The van der Waals surface area contributed by atoms with Gasteiger partial charge in [0.1, 0.15) is 13.2 Å². The molecule has 5 heteroatoms. The third-order valence-electron chi connectivity index (χ3n) is 1.65. The van der Waals surface area contributed by atoms with Crippen molar-refractivity contribution in [1.82, 2.24) is 5.32 Å². The zero-order valence-electron chi connectivity index (χ0n) is 10.5. The molecule has 0 amide bonds. The number of esters is 1. The van der Waals surface area contributed by atoms with Crippen LogP contribution in [0.15, 0.2) is 25.1 Å². The van der Waals surface area contributed by atoms with E-state index in [0.29, 0.717) is 25.6 Å². The van der Waals surface area contributed by atoms with Crippen molar-refractivity contribution in [2.45, 2.75) is 20.0 Å². The van der Waals surface area contributed by atoms with Crippen molar-refractivity contribution in [2.24, 2.45) is 0 Å². The number of carbonyl (C=O) groups excluding carboxylic acids is 1. The molecule has 0 atom stereocenters. The minimum Gasteiger partial charge on any atom is -0.477 e. The van der Waals surface area contributed by atoms with Crippen molar-refractivity contribution in [3.8, 4) is 0 Å². The third-order valence-corrected chi connectivity index (χ3v) is 1.65. The van der Waals surface area contributed by atoms with E-state index in [2.05, 4.69) is 18.5 Å².